The van der Waals surface area contributed by atoms with Gasteiger partial charge < -0.3 is 44.2 Å². The first kappa shape index (κ1) is 26.5. The van der Waals surface area contributed by atoms with Crippen molar-refractivity contribution in [2.45, 2.75) is 51.3 Å². The van der Waals surface area contributed by atoms with Crippen LogP contribution in [0.2, 0.25) is 0 Å². The zero-order valence-corrected chi connectivity index (χ0v) is 20.7. The Hall–Kier alpha value is -3.57. The molecule has 2 unspecified atom stereocenters. The van der Waals surface area contributed by atoms with Gasteiger partial charge in [0.2, 0.25) is 17.5 Å². The molecule has 1 aliphatic rings. The average Bonchev–Trinajstić information content (AvgIpc) is 2.87. The number of hydrogen-bond donors (Lipinski definition) is 5. The summed E-state index contributed by atoms with van der Waals surface area (Å²) in [5.41, 5.74) is 0.892. The summed E-state index contributed by atoms with van der Waals surface area (Å²) in [6, 6.07) is 7.72. The minimum absolute atomic E-state index is 0.00911. The maximum absolute atomic E-state index is 13.2. The van der Waals surface area contributed by atoms with Crippen molar-refractivity contribution < 1.29 is 44.2 Å². The largest absolute Gasteiger partial charge is 0.507 e. The fourth-order valence-electron chi connectivity index (χ4n) is 4.17. The molecule has 0 saturated carbocycles. The van der Waals surface area contributed by atoms with Crippen LogP contribution in [0.1, 0.15) is 25.8 Å². The lowest BCUT2D eigenvalue weighted by Crippen LogP contribution is -2.51. The van der Waals surface area contributed by atoms with Crippen molar-refractivity contribution in [3.8, 4) is 34.3 Å². The summed E-state index contributed by atoms with van der Waals surface area (Å²) in [4.78, 5) is 13.2. The molecule has 37 heavy (non-hydrogen) atoms. The van der Waals surface area contributed by atoms with Gasteiger partial charge in [-0.25, -0.2) is 0 Å². The van der Waals surface area contributed by atoms with Crippen molar-refractivity contribution in [2.24, 2.45) is 0 Å². The summed E-state index contributed by atoms with van der Waals surface area (Å²) in [5, 5.41) is 51.1. The number of aromatic hydroxyl groups is 2. The molecule has 0 spiro atoms. The Balaban J connectivity index is 1.90. The molecular weight excluding hydrogens is 484 g/mol. The van der Waals surface area contributed by atoms with Gasteiger partial charge in [-0.05, 0) is 44.5 Å². The highest BCUT2D eigenvalue weighted by atomic mass is 16.7. The molecule has 10 nitrogen and oxygen atoms in total. The SMILES string of the molecule is COc1ccc(-c2oc3c(CC=C(C)C)c(OC4OC(CO)[C@@H](O)C[C@@H]4O)cc(O)c3c(=O)c2O)cc1. The van der Waals surface area contributed by atoms with Crippen molar-refractivity contribution in [1.82, 2.24) is 0 Å². The van der Waals surface area contributed by atoms with Gasteiger partial charge in [-0.1, -0.05) is 11.6 Å². The number of fused-ring (bicyclic) bond motifs is 1. The van der Waals surface area contributed by atoms with Crippen LogP contribution in [0.15, 0.2) is 51.2 Å². The molecule has 10 heteroatoms. The first-order chi connectivity index (χ1) is 17.6. The number of methoxy groups -OCH3 is 1. The topological polar surface area (TPSA) is 159 Å². The van der Waals surface area contributed by atoms with Gasteiger partial charge >= 0.3 is 0 Å². The number of phenols is 1. The Morgan fingerprint density at radius 1 is 1.14 bits per heavy atom. The first-order valence-corrected chi connectivity index (χ1v) is 11.8. The molecule has 1 aliphatic heterocycles. The van der Waals surface area contributed by atoms with E-state index in [0.717, 1.165) is 5.57 Å². The molecule has 1 saturated heterocycles. The molecule has 1 fully saturated rings. The summed E-state index contributed by atoms with van der Waals surface area (Å²) >= 11 is 0. The average molecular weight is 515 g/mol. The lowest BCUT2D eigenvalue weighted by atomic mass is 10.0. The number of aliphatic hydroxyl groups excluding tert-OH is 3. The molecule has 0 aliphatic carbocycles. The molecule has 2 aromatic carbocycles. The fourth-order valence-corrected chi connectivity index (χ4v) is 4.17. The number of hydrogen-bond acceptors (Lipinski definition) is 10. The van der Waals surface area contributed by atoms with Crippen LogP contribution in [-0.2, 0) is 11.2 Å². The molecule has 0 amide bonds. The van der Waals surface area contributed by atoms with E-state index in [1.165, 1.54) is 13.2 Å². The second kappa shape index (κ2) is 10.8. The van der Waals surface area contributed by atoms with Crippen LogP contribution < -0.4 is 14.9 Å². The number of benzene rings is 2. The predicted molar refractivity (Wildman–Crippen MR) is 134 cm³/mol. The second-order valence-electron chi connectivity index (χ2n) is 9.11. The maximum atomic E-state index is 13.2. The van der Waals surface area contributed by atoms with Gasteiger partial charge in [0.1, 0.15) is 40.4 Å². The number of aliphatic hydroxyl groups is 3. The van der Waals surface area contributed by atoms with Crippen LogP contribution in [0, 0.1) is 0 Å². The van der Waals surface area contributed by atoms with Crippen molar-refractivity contribution in [3.63, 3.8) is 0 Å². The summed E-state index contributed by atoms with van der Waals surface area (Å²) in [5.74, 6) is -0.635. The van der Waals surface area contributed by atoms with Gasteiger partial charge in [-0.15, -0.1) is 0 Å². The van der Waals surface area contributed by atoms with Crippen molar-refractivity contribution >= 4 is 11.0 Å². The number of allylic oxidation sites excluding steroid dienone is 2. The normalized spacial score (nSPS) is 21.6. The fraction of sp³-hybridized carbons (Fsp3) is 0.370. The first-order valence-electron chi connectivity index (χ1n) is 11.8. The molecule has 0 radical (unpaired) electrons. The molecule has 1 aromatic heterocycles. The van der Waals surface area contributed by atoms with Gasteiger partial charge in [0.25, 0.3) is 0 Å². The van der Waals surface area contributed by atoms with E-state index in [-0.39, 0.29) is 35.3 Å². The molecule has 5 N–H and O–H groups in total. The van der Waals surface area contributed by atoms with E-state index in [9.17, 15) is 30.3 Å². The zero-order chi connectivity index (χ0) is 26.9. The Labute approximate surface area is 212 Å². The Bertz CT molecular complexity index is 1350. The van der Waals surface area contributed by atoms with Crippen molar-refractivity contribution in [1.29, 1.82) is 0 Å². The van der Waals surface area contributed by atoms with Crippen LogP contribution in [0.5, 0.6) is 23.0 Å². The molecule has 0 bridgehead atoms. The molecular formula is C27H30O10. The summed E-state index contributed by atoms with van der Waals surface area (Å²) in [7, 11) is 1.51. The maximum Gasteiger partial charge on any atom is 0.238 e. The summed E-state index contributed by atoms with van der Waals surface area (Å²) < 4.78 is 22.7. The highest BCUT2D eigenvalue weighted by molar-refractivity contribution is 5.91. The third kappa shape index (κ3) is 5.28. The molecule has 4 atom stereocenters. The lowest BCUT2D eigenvalue weighted by molar-refractivity contribution is -0.240. The second-order valence-corrected chi connectivity index (χ2v) is 9.11. The molecule has 4 rings (SSSR count). The van der Waals surface area contributed by atoms with E-state index in [1.807, 2.05) is 19.9 Å². The van der Waals surface area contributed by atoms with Crippen LogP contribution in [-0.4, -0.2) is 63.9 Å². The van der Waals surface area contributed by atoms with E-state index in [4.69, 9.17) is 18.6 Å². The highest BCUT2D eigenvalue weighted by Gasteiger charge is 2.38. The van der Waals surface area contributed by atoms with Crippen LogP contribution in [0.3, 0.4) is 0 Å². The van der Waals surface area contributed by atoms with Crippen molar-refractivity contribution in [2.75, 3.05) is 13.7 Å². The van der Waals surface area contributed by atoms with Gasteiger partial charge in [0.15, 0.2) is 5.76 Å². The monoisotopic (exact) mass is 514 g/mol. The van der Waals surface area contributed by atoms with Gasteiger partial charge in [-0.3, -0.25) is 4.79 Å². The Morgan fingerprint density at radius 2 is 1.84 bits per heavy atom. The number of ether oxygens (including phenoxy) is 3. The van der Waals surface area contributed by atoms with Crippen molar-refractivity contribution in [3.05, 3.63) is 57.8 Å². The van der Waals surface area contributed by atoms with E-state index < -0.39 is 48.1 Å². The summed E-state index contributed by atoms with van der Waals surface area (Å²) in [6.45, 7) is 3.28. The molecule has 198 valence electrons. The third-order valence-corrected chi connectivity index (χ3v) is 6.21. The minimum atomic E-state index is -1.27. The molecule has 2 heterocycles. The molecule has 3 aromatic rings. The van der Waals surface area contributed by atoms with Crippen LogP contribution in [0.25, 0.3) is 22.3 Å². The lowest BCUT2D eigenvalue weighted by Gasteiger charge is -2.36. The standard InChI is InChI=1S/C27H30O10/c1-13(2)4-9-16-20(35-27-19(31)10-17(29)21(12-28)36-27)11-18(30)22-23(32)24(33)25(37-26(16)22)14-5-7-15(34-3)8-6-14/h4-8,11,17,19,21,27-31,33H,9-10,12H2,1-3H3/t17-,19-,21?,27?/m0/s1. The number of rotatable bonds is 7. The van der Waals surface area contributed by atoms with E-state index in [0.29, 0.717) is 16.9 Å². The van der Waals surface area contributed by atoms with Crippen LogP contribution >= 0.6 is 0 Å². The highest BCUT2D eigenvalue weighted by Crippen LogP contribution is 2.40. The van der Waals surface area contributed by atoms with Gasteiger partial charge in [0.05, 0.1) is 19.8 Å². The Kier molecular flexibility index (Phi) is 7.74. The predicted octanol–water partition coefficient (Wildman–Crippen LogP) is 2.60. The van der Waals surface area contributed by atoms with E-state index in [1.54, 1.807) is 24.3 Å². The van der Waals surface area contributed by atoms with E-state index in [2.05, 4.69) is 0 Å². The third-order valence-electron chi connectivity index (χ3n) is 6.21. The summed E-state index contributed by atoms with van der Waals surface area (Å²) in [6.07, 6.45) is -2.57. The van der Waals surface area contributed by atoms with Gasteiger partial charge in [0, 0.05) is 23.6 Å². The minimum Gasteiger partial charge on any atom is -0.507 e. The van der Waals surface area contributed by atoms with Crippen LogP contribution in [0.4, 0.5) is 0 Å². The quantitative estimate of drug-likeness (QED) is 0.297. The van der Waals surface area contributed by atoms with E-state index >= 15 is 0 Å². The number of phenolic OH excluding ortho intramolecular Hbond substituents is 1. The smallest absolute Gasteiger partial charge is 0.238 e. The zero-order valence-electron chi connectivity index (χ0n) is 20.7. The Morgan fingerprint density at radius 3 is 2.46 bits per heavy atom. The van der Waals surface area contributed by atoms with Gasteiger partial charge in [-0.2, -0.15) is 0 Å².